The Morgan fingerprint density at radius 3 is 2.18 bits per heavy atom. The minimum absolute atomic E-state index is 0.0395. The first-order chi connectivity index (χ1) is 18.2. The maximum atomic E-state index is 14.1. The minimum Gasteiger partial charge on any atom is -0.497 e. The van der Waals surface area contributed by atoms with Crippen LogP contribution >= 0.6 is 0 Å². The fraction of sp³-hybridized carbons (Fsp3) is 0.467. The third-order valence-electron chi connectivity index (χ3n) is 7.65. The Labute approximate surface area is 223 Å². The van der Waals surface area contributed by atoms with E-state index in [2.05, 4.69) is 0 Å². The molecule has 0 N–H and O–H groups in total. The minimum atomic E-state index is -1.11. The van der Waals surface area contributed by atoms with Gasteiger partial charge in [0.05, 0.1) is 24.7 Å². The smallest absolute Gasteiger partial charge is 0.311 e. The van der Waals surface area contributed by atoms with Crippen molar-refractivity contribution in [2.45, 2.75) is 71.9 Å². The number of benzene rings is 2. The van der Waals surface area contributed by atoms with Crippen molar-refractivity contribution in [1.29, 1.82) is 0 Å². The number of esters is 1. The lowest BCUT2D eigenvalue weighted by molar-refractivity contribution is -0.142. The third kappa shape index (κ3) is 5.17. The Balaban J connectivity index is 1.63. The van der Waals surface area contributed by atoms with Crippen LogP contribution in [0, 0.1) is 19.8 Å². The molecule has 3 amide bonds. The van der Waals surface area contributed by atoms with E-state index in [0.717, 1.165) is 41.7 Å². The summed E-state index contributed by atoms with van der Waals surface area (Å²) in [6, 6.07) is 9.08. The van der Waals surface area contributed by atoms with Crippen LogP contribution in [0.15, 0.2) is 36.4 Å². The summed E-state index contributed by atoms with van der Waals surface area (Å²) >= 11 is 0. The lowest BCUT2D eigenvalue weighted by atomic mass is 9.92. The van der Waals surface area contributed by atoms with E-state index < -0.39 is 29.7 Å². The van der Waals surface area contributed by atoms with Gasteiger partial charge in [0.1, 0.15) is 17.5 Å². The summed E-state index contributed by atoms with van der Waals surface area (Å²) in [6.45, 7) is 7.99. The average molecular weight is 521 g/mol. The van der Waals surface area contributed by atoms with Crippen LogP contribution in [-0.4, -0.2) is 59.2 Å². The van der Waals surface area contributed by atoms with Gasteiger partial charge < -0.3 is 14.4 Å². The number of carbonyl (C=O) groups is 4. The Morgan fingerprint density at radius 1 is 1.03 bits per heavy atom. The number of hydrogen-bond acceptors (Lipinski definition) is 6. The molecule has 2 aliphatic heterocycles. The van der Waals surface area contributed by atoms with Crippen LogP contribution in [0.1, 0.15) is 77.8 Å². The van der Waals surface area contributed by atoms with Gasteiger partial charge in [-0.25, -0.2) is 0 Å². The summed E-state index contributed by atoms with van der Waals surface area (Å²) in [6.07, 6.45) is 3.42. The molecule has 8 heteroatoms. The normalized spacial score (nSPS) is 18.7. The number of likely N-dealkylation sites (tertiary alicyclic amines) is 1. The van der Waals surface area contributed by atoms with Gasteiger partial charge in [0, 0.05) is 12.6 Å². The molecule has 8 nitrogen and oxygen atoms in total. The molecule has 0 spiro atoms. The second-order valence-electron chi connectivity index (χ2n) is 10.3. The molecule has 3 atom stereocenters. The summed E-state index contributed by atoms with van der Waals surface area (Å²) in [4.78, 5) is 56.9. The van der Waals surface area contributed by atoms with Crippen molar-refractivity contribution in [3.63, 3.8) is 0 Å². The highest BCUT2D eigenvalue weighted by atomic mass is 16.5. The zero-order valence-electron chi connectivity index (χ0n) is 22.8. The predicted molar refractivity (Wildman–Crippen MR) is 142 cm³/mol. The number of carbonyl (C=O) groups excluding carboxylic acids is 4. The molecule has 2 heterocycles. The van der Waals surface area contributed by atoms with Crippen molar-refractivity contribution in [3.05, 3.63) is 58.7 Å². The van der Waals surface area contributed by atoms with E-state index in [1.807, 2.05) is 20.8 Å². The lowest BCUT2D eigenvalue weighted by Crippen LogP contribution is -2.57. The van der Waals surface area contributed by atoms with Crippen molar-refractivity contribution < 1.29 is 28.7 Å². The lowest BCUT2D eigenvalue weighted by Gasteiger charge is -2.40. The van der Waals surface area contributed by atoms with E-state index >= 15 is 0 Å². The first kappa shape index (κ1) is 27.4. The maximum absolute atomic E-state index is 14.1. The number of nitrogens with zero attached hydrogens (tertiary/aromatic N) is 2. The molecule has 0 aliphatic carbocycles. The zero-order chi connectivity index (χ0) is 27.6. The zero-order valence-corrected chi connectivity index (χ0v) is 22.8. The largest absolute Gasteiger partial charge is 0.497 e. The van der Waals surface area contributed by atoms with Crippen LogP contribution in [0.3, 0.4) is 0 Å². The number of rotatable bonds is 8. The van der Waals surface area contributed by atoms with Gasteiger partial charge in [-0.3, -0.25) is 24.1 Å². The van der Waals surface area contributed by atoms with Crippen LogP contribution in [0.25, 0.3) is 0 Å². The van der Waals surface area contributed by atoms with Crippen LogP contribution in [0.4, 0.5) is 0 Å². The second kappa shape index (κ2) is 11.4. The molecule has 4 rings (SSSR count). The van der Waals surface area contributed by atoms with E-state index in [0.29, 0.717) is 18.0 Å². The van der Waals surface area contributed by atoms with Gasteiger partial charge in [-0.2, -0.15) is 0 Å². The fourth-order valence-electron chi connectivity index (χ4n) is 5.67. The van der Waals surface area contributed by atoms with Gasteiger partial charge in [0.15, 0.2) is 0 Å². The molecule has 0 saturated carbocycles. The summed E-state index contributed by atoms with van der Waals surface area (Å²) < 4.78 is 11.0. The fourth-order valence-corrected chi connectivity index (χ4v) is 5.67. The predicted octanol–water partition coefficient (Wildman–Crippen LogP) is 4.70. The SMILES string of the molecule is CC[C@@H]1CCCCN1C(=O)C([C@H](C)CC(=O)Oc1c(C)cc(OC)cc1C)N1C(=O)c2ccccc2C1=O. The maximum Gasteiger partial charge on any atom is 0.311 e. The summed E-state index contributed by atoms with van der Waals surface area (Å²) in [7, 11) is 1.57. The van der Waals surface area contributed by atoms with Crippen molar-refractivity contribution in [1.82, 2.24) is 9.80 Å². The number of imide groups is 1. The molecule has 38 heavy (non-hydrogen) atoms. The number of hydrogen-bond donors (Lipinski definition) is 0. The van der Waals surface area contributed by atoms with E-state index in [-0.39, 0.29) is 29.5 Å². The first-order valence-corrected chi connectivity index (χ1v) is 13.3. The van der Waals surface area contributed by atoms with Crippen molar-refractivity contribution in [3.8, 4) is 11.5 Å². The standard InChI is InChI=1S/C30H36N2O6/c1-6-21-11-9-10-14-31(21)30(36)26(32-28(34)23-12-7-8-13-24(23)29(32)35)18(2)17-25(33)38-27-19(3)15-22(37-5)16-20(27)4/h7-8,12-13,15-16,18,21,26H,6,9-11,14,17H2,1-5H3/t18-,21-,26?/m1/s1. The van der Waals surface area contributed by atoms with Crippen molar-refractivity contribution in [2.24, 2.45) is 5.92 Å². The molecule has 2 aliphatic rings. The number of methoxy groups -OCH3 is 1. The Hall–Kier alpha value is -3.68. The van der Waals surface area contributed by atoms with E-state index in [9.17, 15) is 19.2 Å². The molecular formula is C30H36N2O6. The number of aryl methyl sites for hydroxylation is 2. The monoisotopic (exact) mass is 520 g/mol. The van der Waals surface area contributed by atoms with Crippen molar-refractivity contribution in [2.75, 3.05) is 13.7 Å². The second-order valence-corrected chi connectivity index (χ2v) is 10.3. The van der Waals surface area contributed by atoms with Gasteiger partial charge >= 0.3 is 5.97 Å². The van der Waals surface area contributed by atoms with Gasteiger partial charge in [-0.05, 0) is 80.8 Å². The highest BCUT2D eigenvalue weighted by Gasteiger charge is 2.47. The number of ether oxygens (including phenoxy) is 2. The molecule has 1 fully saturated rings. The average Bonchev–Trinajstić information content (AvgIpc) is 3.16. The highest BCUT2D eigenvalue weighted by molar-refractivity contribution is 6.22. The van der Waals surface area contributed by atoms with Crippen LogP contribution < -0.4 is 9.47 Å². The molecule has 2 aromatic carbocycles. The van der Waals surface area contributed by atoms with E-state index in [1.165, 1.54) is 0 Å². The Kier molecular flexibility index (Phi) is 8.19. The summed E-state index contributed by atoms with van der Waals surface area (Å²) in [5.41, 5.74) is 2.05. The first-order valence-electron chi connectivity index (χ1n) is 13.3. The van der Waals surface area contributed by atoms with Gasteiger partial charge in [-0.15, -0.1) is 0 Å². The van der Waals surface area contributed by atoms with E-state index in [4.69, 9.17) is 9.47 Å². The summed E-state index contributed by atoms with van der Waals surface area (Å²) in [5, 5.41) is 0. The molecule has 1 unspecified atom stereocenters. The summed E-state index contributed by atoms with van der Waals surface area (Å²) in [5.74, 6) is -1.38. The van der Waals surface area contributed by atoms with Crippen LogP contribution in [0.2, 0.25) is 0 Å². The van der Waals surface area contributed by atoms with Gasteiger partial charge in [0.25, 0.3) is 11.8 Å². The quantitative estimate of drug-likeness (QED) is 0.285. The van der Waals surface area contributed by atoms with Crippen LogP contribution in [-0.2, 0) is 9.59 Å². The Bertz CT molecular complexity index is 1200. The topological polar surface area (TPSA) is 93.2 Å². The number of amides is 3. The molecular weight excluding hydrogens is 484 g/mol. The molecule has 0 radical (unpaired) electrons. The number of fused-ring (bicyclic) bond motifs is 1. The van der Waals surface area contributed by atoms with Gasteiger partial charge in [0.2, 0.25) is 5.91 Å². The Morgan fingerprint density at radius 2 is 1.63 bits per heavy atom. The molecule has 2 aromatic rings. The molecule has 0 bridgehead atoms. The van der Waals surface area contributed by atoms with E-state index in [1.54, 1.807) is 55.3 Å². The van der Waals surface area contributed by atoms with Crippen molar-refractivity contribution >= 4 is 23.7 Å². The van der Waals surface area contributed by atoms with Crippen LogP contribution in [0.5, 0.6) is 11.5 Å². The third-order valence-corrected chi connectivity index (χ3v) is 7.65. The number of piperidine rings is 1. The molecule has 202 valence electrons. The van der Waals surface area contributed by atoms with Gasteiger partial charge in [-0.1, -0.05) is 26.0 Å². The highest BCUT2D eigenvalue weighted by Crippen LogP contribution is 2.33. The molecule has 1 saturated heterocycles. The molecule has 0 aromatic heterocycles.